The minimum absolute atomic E-state index is 0. The van der Waals surface area contributed by atoms with Crippen LogP contribution in [0.2, 0.25) is 0 Å². The minimum atomic E-state index is 0. The molecule has 0 radical (unpaired) electrons. The van der Waals surface area contributed by atoms with Gasteiger partial charge in [-0.3, -0.25) is 0 Å². The van der Waals surface area contributed by atoms with Gasteiger partial charge in [0.15, 0.2) is 0 Å². The van der Waals surface area contributed by atoms with Crippen LogP contribution < -0.4 is 0 Å². The van der Waals surface area contributed by atoms with E-state index in [-0.39, 0.29) is 34.3 Å². The number of hydrogen-bond acceptors (Lipinski definition) is 0. The quantitative estimate of drug-likeness (QED) is 0.411. The van der Waals surface area contributed by atoms with Crippen molar-refractivity contribution in [1.29, 1.82) is 0 Å². The maximum absolute atomic E-state index is 3.74. The van der Waals surface area contributed by atoms with Crippen LogP contribution in [-0.4, -0.2) is 0 Å². The summed E-state index contributed by atoms with van der Waals surface area (Å²) in [6.07, 6.45) is 2.41. The Morgan fingerprint density at radius 2 is 1.20 bits per heavy atom. The van der Waals surface area contributed by atoms with Crippen molar-refractivity contribution in [2.45, 2.75) is 26.7 Å². The van der Waals surface area contributed by atoms with E-state index in [9.17, 15) is 0 Å². The van der Waals surface area contributed by atoms with Crippen LogP contribution in [0, 0.1) is 14.9 Å². The molecule has 0 saturated carbocycles. The molecule has 0 unspecified atom stereocenters. The van der Waals surface area contributed by atoms with Crippen LogP contribution in [0.1, 0.15) is 26.7 Å². The summed E-state index contributed by atoms with van der Waals surface area (Å²) in [5.74, 6) is 0. The fourth-order valence-corrected chi connectivity index (χ4v) is 0.812. The molecule has 1 heteroatoms. The number of hydrogen-bond donors (Lipinski definition) is 0. The minimum Gasteiger partial charge on any atom is -0.358 e. The van der Waals surface area contributed by atoms with Gasteiger partial charge < -0.3 is 14.9 Å². The monoisotopic (exact) mass is 294 g/mol. The molecule has 0 aliphatic heterocycles. The molecule has 0 spiro atoms. The van der Waals surface area contributed by atoms with Crippen molar-refractivity contribution < 1.29 is 19.5 Å². The second kappa shape index (κ2) is 19.2. The van der Waals surface area contributed by atoms with Crippen LogP contribution in [0.15, 0.2) is 48.6 Å². The summed E-state index contributed by atoms with van der Waals surface area (Å²) >= 11 is 0. The van der Waals surface area contributed by atoms with Gasteiger partial charge in [-0.15, -0.1) is 6.58 Å². The largest absolute Gasteiger partial charge is 2.00 e. The SMILES string of the molecule is C=C(C)CCC.[CH3-].[CH3-].[Ru+2].c1ccccc1. The molecule has 0 nitrogen and oxygen atoms in total. The normalized spacial score (nSPS) is 6.53. The number of benzene rings is 1. The average molecular weight is 293 g/mol. The Labute approximate surface area is 110 Å². The molecule has 0 aliphatic rings. The summed E-state index contributed by atoms with van der Waals surface area (Å²) in [5, 5.41) is 0. The summed E-state index contributed by atoms with van der Waals surface area (Å²) in [4.78, 5) is 0. The second-order valence-corrected chi connectivity index (χ2v) is 2.86. The van der Waals surface area contributed by atoms with Gasteiger partial charge in [0.2, 0.25) is 0 Å². The Hall–Kier alpha value is -0.417. The molecule has 1 aromatic carbocycles. The predicted molar refractivity (Wildman–Crippen MR) is 69.0 cm³/mol. The molecule has 15 heavy (non-hydrogen) atoms. The Balaban J connectivity index is -0.0000000672. The van der Waals surface area contributed by atoms with Gasteiger partial charge in [-0.25, -0.2) is 0 Å². The van der Waals surface area contributed by atoms with Gasteiger partial charge in [0.05, 0.1) is 0 Å². The zero-order valence-corrected chi connectivity index (χ0v) is 12.2. The molecule has 1 aromatic rings. The van der Waals surface area contributed by atoms with Crippen molar-refractivity contribution in [3.8, 4) is 0 Å². The molecule has 0 bridgehead atoms. The van der Waals surface area contributed by atoms with Gasteiger partial charge in [-0.1, -0.05) is 55.3 Å². The number of allylic oxidation sites excluding steroid dienone is 1. The number of rotatable bonds is 2. The van der Waals surface area contributed by atoms with Crippen LogP contribution in [0.5, 0.6) is 0 Å². The first-order valence-electron chi connectivity index (χ1n) is 4.41. The van der Waals surface area contributed by atoms with Gasteiger partial charge >= 0.3 is 19.5 Å². The molecular formula is C14H24Ru. The summed E-state index contributed by atoms with van der Waals surface area (Å²) in [6.45, 7) is 7.97. The predicted octanol–water partition coefficient (Wildman–Crippen LogP) is 4.95. The molecule has 0 heterocycles. The molecule has 0 aromatic heterocycles. The van der Waals surface area contributed by atoms with Gasteiger partial charge in [-0.05, 0) is 13.3 Å². The third-order valence-electron chi connectivity index (χ3n) is 1.34. The van der Waals surface area contributed by atoms with Crippen molar-refractivity contribution in [3.63, 3.8) is 0 Å². The van der Waals surface area contributed by atoms with Crippen molar-refractivity contribution in [2.75, 3.05) is 0 Å². The molecule has 0 atom stereocenters. The van der Waals surface area contributed by atoms with Gasteiger partial charge in [-0.2, -0.15) is 0 Å². The Kier molecular flexibility index (Phi) is 30.8. The van der Waals surface area contributed by atoms with Crippen LogP contribution in [-0.2, 0) is 19.5 Å². The molecule has 88 valence electrons. The maximum atomic E-state index is 3.74. The van der Waals surface area contributed by atoms with E-state index in [1.165, 1.54) is 18.4 Å². The molecule has 0 fully saturated rings. The van der Waals surface area contributed by atoms with E-state index < -0.39 is 0 Å². The third kappa shape index (κ3) is 24.7. The molecular weight excluding hydrogens is 269 g/mol. The molecule has 0 aliphatic carbocycles. The van der Waals surface area contributed by atoms with E-state index in [0.29, 0.717) is 0 Å². The Morgan fingerprint density at radius 3 is 1.27 bits per heavy atom. The molecule has 0 saturated heterocycles. The van der Waals surface area contributed by atoms with Crippen LogP contribution >= 0.6 is 0 Å². The summed E-state index contributed by atoms with van der Waals surface area (Å²) in [7, 11) is 0. The fraction of sp³-hybridized carbons (Fsp3) is 0.286. The van der Waals surface area contributed by atoms with Crippen LogP contribution in [0.3, 0.4) is 0 Å². The van der Waals surface area contributed by atoms with Crippen molar-refractivity contribution in [1.82, 2.24) is 0 Å². The Bertz CT molecular complexity index is 165. The topological polar surface area (TPSA) is 0 Å². The van der Waals surface area contributed by atoms with E-state index in [2.05, 4.69) is 20.4 Å². The van der Waals surface area contributed by atoms with Crippen molar-refractivity contribution in [3.05, 3.63) is 63.4 Å². The average Bonchev–Trinajstić information content (AvgIpc) is 2.08. The maximum Gasteiger partial charge on any atom is 2.00 e. The van der Waals surface area contributed by atoms with Gasteiger partial charge in [0.1, 0.15) is 0 Å². The van der Waals surface area contributed by atoms with E-state index in [0.717, 1.165) is 0 Å². The van der Waals surface area contributed by atoms with E-state index in [1.54, 1.807) is 0 Å². The standard InChI is InChI=1S/C6H6.C6H12.2CH3.Ru/c1-2-4-6-5-3-1;1-4-5-6(2)3;;;/h1-6H;2,4-5H2,1,3H3;2*1H3;/q;;2*-1;+2. The van der Waals surface area contributed by atoms with Gasteiger partial charge in [0, 0.05) is 0 Å². The molecule has 0 amide bonds. The smallest absolute Gasteiger partial charge is 0.358 e. The zero-order chi connectivity index (χ0) is 9.23. The summed E-state index contributed by atoms with van der Waals surface area (Å²) < 4.78 is 0. The summed E-state index contributed by atoms with van der Waals surface area (Å²) in [5.41, 5.74) is 1.29. The van der Waals surface area contributed by atoms with E-state index in [4.69, 9.17) is 0 Å². The first kappa shape index (κ1) is 24.0. The van der Waals surface area contributed by atoms with Gasteiger partial charge in [0.25, 0.3) is 0 Å². The fourth-order valence-electron chi connectivity index (χ4n) is 0.812. The van der Waals surface area contributed by atoms with Crippen molar-refractivity contribution >= 4 is 0 Å². The van der Waals surface area contributed by atoms with Crippen molar-refractivity contribution in [2.24, 2.45) is 0 Å². The first-order valence-corrected chi connectivity index (χ1v) is 4.41. The zero-order valence-electron chi connectivity index (χ0n) is 10.4. The van der Waals surface area contributed by atoms with Crippen LogP contribution in [0.25, 0.3) is 0 Å². The second-order valence-electron chi connectivity index (χ2n) is 2.86. The first-order chi connectivity index (χ1) is 5.77. The van der Waals surface area contributed by atoms with E-state index in [1.807, 2.05) is 36.4 Å². The third-order valence-corrected chi connectivity index (χ3v) is 1.34. The summed E-state index contributed by atoms with van der Waals surface area (Å²) in [6, 6.07) is 12.0. The molecule has 1 rings (SSSR count). The Morgan fingerprint density at radius 1 is 0.933 bits per heavy atom. The van der Waals surface area contributed by atoms with Crippen LogP contribution in [0.4, 0.5) is 0 Å². The van der Waals surface area contributed by atoms with E-state index >= 15 is 0 Å². The molecule has 0 N–H and O–H groups in total.